The molecule has 0 radical (unpaired) electrons. The van der Waals surface area contributed by atoms with Crippen LogP contribution in [0.2, 0.25) is 10.0 Å². The summed E-state index contributed by atoms with van der Waals surface area (Å²) in [5.41, 5.74) is 7.00. The van der Waals surface area contributed by atoms with Crippen molar-refractivity contribution in [2.75, 3.05) is 11.1 Å². The number of nitrogens with two attached hydrogens (primary N) is 1. The molecule has 4 nitrogen and oxygen atoms in total. The molecule has 106 valence electrons. The van der Waals surface area contributed by atoms with Gasteiger partial charge in [-0.1, -0.05) is 37.0 Å². The summed E-state index contributed by atoms with van der Waals surface area (Å²) in [5, 5.41) is 3.33. The quantitative estimate of drug-likeness (QED) is 0.882. The van der Waals surface area contributed by atoms with E-state index in [2.05, 4.69) is 15.3 Å². The van der Waals surface area contributed by atoms with Crippen molar-refractivity contribution in [2.45, 2.75) is 19.8 Å². The van der Waals surface area contributed by atoms with E-state index in [4.69, 9.17) is 28.9 Å². The average molecular weight is 315 g/mol. The third-order valence-electron chi connectivity index (χ3n) is 2.74. The molecule has 2 rings (SSSR count). The van der Waals surface area contributed by atoms with Gasteiger partial charge in [-0.25, -0.2) is 14.4 Å². The maximum atomic E-state index is 13.2. The average Bonchev–Trinajstić information content (AvgIpc) is 2.33. The third kappa shape index (κ3) is 2.94. The van der Waals surface area contributed by atoms with Crippen molar-refractivity contribution in [1.82, 2.24) is 9.97 Å². The lowest BCUT2D eigenvalue weighted by molar-refractivity contribution is 0.628. The van der Waals surface area contributed by atoms with Gasteiger partial charge in [0.1, 0.15) is 23.8 Å². The predicted octanol–water partition coefficient (Wildman–Crippen LogP) is 4.37. The summed E-state index contributed by atoms with van der Waals surface area (Å²) in [6.07, 6.45) is 1.34. The Balaban J connectivity index is 2.48. The number of benzene rings is 1. The molecule has 0 atom stereocenters. The zero-order valence-electron chi connectivity index (χ0n) is 10.9. The molecule has 0 aliphatic carbocycles. The molecule has 2 aromatic rings. The molecule has 0 spiro atoms. The number of aromatic nitrogens is 2. The van der Waals surface area contributed by atoms with Crippen LogP contribution in [0.1, 0.15) is 25.3 Å². The van der Waals surface area contributed by atoms with Crippen LogP contribution < -0.4 is 11.1 Å². The number of nitrogen functional groups attached to an aromatic ring is 1. The first-order valence-electron chi connectivity index (χ1n) is 5.92. The summed E-state index contributed by atoms with van der Waals surface area (Å²) in [5.74, 6) is 0.489. The number of nitrogens with one attached hydrogen (secondary N) is 1. The van der Waals surface area contributed by atoms with Gasteiger partial charge in [0.05, 0.1) is 15.7 Å². The number of halogens is 3. The minimum atomic E-state index is -0.503. The molecule has 1 aromatic heterocycles. The van der Waals surface area contributed by atoms with Crippen LogP contribution >= 0.6 is 23.2 Å². The molecule has 7 heteroatoms. The van der Waals surface area contributed by atoms with E-state index >= 15 is 0 Å². The van der Waals surface area contributed by atoms with E-state index in [0.717, 1.165) is 5.56 Å². The normalized spacial score (nSPS) is 10.9. The van der Waals surface area contributed by atoms with Crippen LogP contribution in [0.25, 0.3) is 0 Å². The van der Waals surface area contributed by atoms with Crippen LogP contribution in [0, 0.1) is 5.82 Å². The highest BCUT2D eigenvalue weighted by Crippen LogP contribution is 2.36. The zero-order chi connectivity index (χ0) is 14.9. The molecule has 0 aliphatic rings. The molecule has 0 amide bonds. The Hall–Kier alpha value is -1.59. The van der Waals surface area contributed by atoms with Crippen molar-refractivity contribution in [2.24, 2.45) is 0 Å². The molecule has 0 aliphatic heterocycles. The van der Waals surface area contributed by atoms with Crippen molar-refractivity contribution in [3.05, 3.63) is 39.9 Å². The zero-order valence-corrected chi connectivity index (χ0v) is 12.4. The highest BCUT2D eigenvalue weighted by Gasteiger charge is 2.16. The molecule has 20 heavy (non-hydrogen) atoms. The van der Waals surface area contributed by atoms with E-state index < -0.39 is 5.82 Å². The summed E-state index contributed by atoms with van der Waals surface area (Å²) in [4.78, 5) is 8.11. The maximum Gasteiger partial charge on any atom is 0.139 e. The van der Waals surface area contributed by atoms with E-state index in [0.29, 0.717) is 17.3 Å². The topological polar surface area (TPSA) is 63.8 Å². The summed E-state index contributed by atoms with van der Waals surface area (Å²) >= 11 is 12.0. The SMILES string of the molecule is CC(C)c1c(N)ncnc1Nc1c(Cl)cc(F)cc1Cl. The first-order chi connectivity index (χ1) is 9.40. The van der Waals surface area contributed by atoms with Gasteiger partial charge in [0.15, 0.2) is 0 Å². The van der Waals surface area contributed by atoms with E-state index in [1.165, 1.54) is 18.5 Å². The molecule has 3 N–H and O–H groups in total. The number of nitrogens with zero attached hydrogens (tertiary/aromatic N) is 2. The van der Waals surface area contributed by atoms with Gasteiger partial charge in [0, 0.05) is 5.56 Å². The lowest BCUT2D eigenvalue weighted by atomic mass is 10.0. The minimum absolute atomic E-state index is 0.108. The van der Waals surface area contributed by atoms with Crippen LogP contribution in [0.15, 0.2) is 18.5 Å². The van der Waals surface area contributed by atoms with Gasteiger partial charge in [-0.05, 0) is 18.1 Å². The van der Waals surface area contributed by atoms with Gasteiger partial charge in [-0.15, -0.1) is 0 Å². The number of hydrogen-bond donors (Lipinski definition) is 2. The van der Waals surface area contributed by atoms with E-state index in [-0.39, 0.29) is 16.0 Å². The summed E-state index contributed by atoms with van der Waals surface area (Å²) < 4.78 is 13.2. The Labute approximate surface area is 126 Å². The molecule has 0 fully saturated rings. The summed E-state index contributed by atoms with van der Waals surface area (Å²) in [6.45, 7) is 3.93. The molecule has 1 heterocycles. The lowest BCUT2D eigenvalue weighted by Gasteiger charge is -2.16. The highest BCUT2D eigenvalue weighted by molar-refractivity contribution is 6.39. The Bertz CT molecular complexity index is 623. The van der Waals surface area contributed by atoms with Crippen LogP contribution in [0.3, 0.4) is 0 Å². The second-order valence-electron chi connectivity index (χ2n) is 4.55. The van der Waals surface area contributed by atoms with Gasteiger partial charge in [-0.3, -0.25) is 0 Å². The number of anilines is 3. The molecule has 0 saturated carbocycles. The van der Waals surface area contributed by atoms with Crippen molar-refractivity contribution in [3.8, 4) is 0 Å². The second-order valence-corrected chi connectivity index (χ2v) is 5.36. The lowest BCUT2D eigenvalue weighted by Crippen LogP contribution is -2.07. The molecule has 0 bridgehead atoms. The summed E-state index contributed by atoms with van der Waals surface area (Å²) in [7, 11) is 0. The van der Waals surface area contributed by atoms with E-state index in [1.807, 2.05) is 13.8 Å². The largest absolute Gasteiger partial charge is 0.383 e. The van der Waals surface area contributed by atoms with Gasteiger partial charge < -0.3 is 11.1 Å². The molecule has 1 aromatic carbocycles. The van der Waals surface area contributed by atoms with E-state index in [1.54, 1.807) is 0 Å². The van der Waals surface area contributed by atoms with Crippen molar-refractivity contribution in [1.29, 1.82) is 0 Å². The fraction of sp³-hybridized carbons (Fsp3) is 0.231. The molecular weight excluding hydrogens is 302 g/mol. The highest BCUT2D eigenvalue weighted by atomic mass is 35.5. The smallest absolute Gasteiger partial charge is 0.139 e. The van der Waals surface area contributed by atoms with Crippen LogP contribution in [-0.2, 0) is 0 Å². The van der Waals surface area contributed by atoms with Gasteiger partial charge in [0.25, 0.3) is 0 Å². The number of hydrogen-bond acceptors (Lipinski definition) is 4. The Morgan fingerprint density at radius 2 is 1.80 bits per heavy atom. The second kappa shape index (κ2) is 5.81. The fourth-order valence-electron chi connectivity index (χ4n) is 1.86. The van der Waals surface area contributed by atoms with Crippen LogP contribution in [0.4, 0.5) is 21.7 Å². The van der Waals surface area contributed by atoms with E-state index in [9.17, 15) is 4.39 Å². The Morgan fingerprint density at radius 1 is 1.20 bits per heavy atom. The monoisotopic (exact) mass is 314 g/mol. The standard InChI is InChI=1S/C13H13Cl2FN4/c1-6(2)10-12(17)18-5-19-13(10)20-11-8(14)3-7(16)4-9(11)15/h3-6H,1-2H3,(H3,17,18,19,20). The predicted molar refractivity (Wildman–Crippen MR) is 80.2 cm³/mol. The molecule has 0 saturated heterocycles. The Morgan fingerprint density at radius 3 is 2.35 bits per heavy atom. The van der Waals surface area contributed by atoms with Crippen LogP contribution in [0.5, 0.6) is 0 Å². The molecule has 0 unspecified atom stereocenters. The van der Waals surface area contributed by atoms with Gasteiger partial charge >= 0.3 is 0 Å². The van der Waals surface area contributed by atoms with Crippen molar-refractivity contribution in [3.63, 3.8) is 0 Å². The van der Waals surface area contributed by atoms with Crippen molar-refractivity contribution < 1.29 is 4.39 Å². The fourth-order valence-corrected chi connectivity index (χ4v) is 2.41. The first kappa shape index (κ1) is 14.8. The summed E-state index contributed by atoms with van der Waals surface area (Å²) in [6, 6.07) is 2.35. The number of rotatable bonds is 3. The van der Waals surface area contributed by atoms with Crippen molar-refractivity contribution >= 4 is 40.5 Å². The Kier molecular flexibility index (Phi) is 4.30. The van der Waals surface area contributed by atoms with Crippen LogP contribution in [-0.4, -0.2) is 9.97 Å². The first-order valence-corrected chi connectivity index (χ1v) is 6.67. The maximum absolute atomic E-state index is 13.2. The third-order valence-corrected chi connectivity index (χ3v) is 3.34. The van der Waals surface area contributed by atoms with Gasteiger partial charge in [-0.2, -0.15) is 0 Å². The minimum Gasteiger partial charge on any atom is -0.383 e. The molecular formula is C13H13Cl2FN4. The van der Waals surface area contributed by atoms with Gasteiger partial charge in [0.2, 0.25) is 0 Å².